The zero-order valence-electron chi connectivity index (χ0n) is 20.2. The van der Waals surface area contributed by atoms with Crippen LogP contribution in [0, 0.1) is 13.8 Å². The topological polar surface area (TPSA) is 114 Å². The second-order valence-corrected chi connectivity index (χ2v) is 9.06. The third-order valence-corrected chi connectivity index (χ3v) is 6.43. The van der Waals surface area contributed by atoms with Crippen LogP contribution < -0.4 is 10.6 Å². The lowest BCUT2D eigenvalue weighted by molar-refractivity contribution is -0.127. The maximum absolute atomic E-state index is 13.2. The van der Waals surface area contributed by atoms with Crippen LogP contribution in [-0.2, 0) is 19.7 Å². The minimum absolute atomic E-state index is 0. The van der Waals surface area contributed by atoms with Crippen LogP contribution in [-0.4, -0.2) is 64.9 Å². The normalized spacial score (nSPS) is 23.4. The van der Waals surface area contributed by atoms with Crippen molar-refractivity contribution in [3.63, 3.8) is 0 Å². The number of aromatic nitrogens is 2. The number of pyridine rings is 2. The molecule has 11 heteroatoms. The van der Waals surface area contributed by atoms with E-state index in [9.17, 15) is 14.4 Å². The van der Waals surface area contributed by atoms with Crippen molar-refractivity contribution in [1.29, 1.82) is 0 Å². The Kier molecular flexibility index (Phi) is 9.22. The van der Waals surface area contributed by atoms with Crippen LogP contribution in [0.15, 0.2) is 30.6 Å². The molecule has 0 saturated carbocycles. The molecule has 0 spiro atoms. The van der Waals surface area contributed by atoms with Gasteiger partial charge in [-0.2, -0.15) is 0 Å². The number of imide groups is 1. The van der Waals surface area contributed by atoms with E-state index in [0.717, 1.165) is 23.4 Å². The number of likely N-dealkylation sites (tertiary alicyclic amines) is 1. The largest absolute Gasteiger partial charge is 0.383 e. The molecule has 2 saturated heterocycles. The van der Waals surface area contributed by atoms with E-state index < -0.39 is 11.3 Å². The van der Waals surface area contributed by atoms with E-state index in [1.807, 2.05) is 31.9 Å². The van der Waals surface area contributed by atoms with E-state index in [2.05, 4.69) is 26.7 Å². The van der Waals surface area contributed by atoms with Crippen molar-refractivity contribution in [2.24, 2.45) is 0 Å². The van der Waals surface area contributed by atoms with Crippen LogP contribution in [0.2, 0.25) is 0 Å². The van der Waals surface area contributed by atoms with Crippen molar-refractivity contribution >= 4 is 48.4 Å². The monoisotopic (exact) mass is 523 g/mol. The van der Waals surface area contributed by atoms with Gasteiger partial charge in [-0.1, -0.05) is 6.07 Å². The number of carbonyl (C=O) groups excluding carboxylic acids is 3. The molecule has 2 N–H and O–H groups in total. The fourth-order valence-corrected chi connectivity index (χ4v) is 4.74. The number of hydrogen-bond acceptors (Lipinski definition) is 7. The van der Waals surface area contributed by atoms with Crippen LogP contribution in [0.1, 0.15) is 46.9 Å². The SMILES string of the molecule is COCC1(c2ccc(C(=O)N3C[C@@H](Nc4ncc(C)cc4C)C[C@H]3C)cn2)CC(=O)NC1=O.Cl.Cl. The van der Waals surface area contributed by atoms with Crippen molar-refractivity contribution < 1.29 is 19.1 Å². The predicted molar refractivity (Wildman–Crippen MR) is 136 cm³/mol. The first kappa shape index (κ1) is 28.5. The average molecular weight is 524 g/mol. The third-order valence-electron chi connectivity index (χ3n) is 6.43. The fourth-order valence-electron chi connectivity index (χ4n) is 4.74. The first-order valence-electron chi connectivity index (χ1n) is 11.0. The molecule has 0 radical (unpaired) electrons. The van der Waals surface area contributed by atoms with Crippen molar-refractivity contribution in [3.8, 4) is 0 Å². The number of hydrogen-bond donors (Lipinski definition) is 2. The number of rotatable bonds is 6. The molecule has 2 aromatic rings. The van der Waals surface area contributed by atoms with Gasteiger partial charge in [0.05, 0.1) is 17.9 Å². The van der Waals surface area contributed by atoms with Gasteiger partial charge < -0.3 is 15.0 Å². The van der Waals surface area contributed by atoms with Crippen molar-refractivity contribution in [2.75, 3.05) is 25.6 Å². The Morgan fingerprint density at radius 1 is 1.23 bits per heavy atom. The maximum atomic E-state index is 13.2. The van der Waals surface area contributed by atoms with E-state index >= 15 is 0 Å². The van der Waals surface area contributed by atoms with Gasteiger partial charge in [-0.05, 0) is 50.5 Å². The van der Waals surface area contributed by atoms with Gasteiger partial charge in [-0.25, -0.2) is 4.98 Å². The van der Waals surface area contributed by atoms with Crippen LogP contribution in [0.5, 0.6) is 0 Å². The highest BCUT2D eigenvalue weighted by atomic mass is 35.5. The molecule has 0 bridgehead atoms. The third kappa shape index (κ3) is 5.58. The quantitative estimate of drug-likeness (QED) is 0.559. The summed E-state index contributed by atoms with van der Waals surface area (Å²) in [6, 6.07) is 5.54. The van der Waals surface area contributed by atoms with Gasteiger partial charge in [0.15, 0.2) is 0 Å². The lowest BCUT2D eigenvalue weighted by Gasteiger charge is -2.24. The van der Waals surface area contributed by atoms with Gasteiger partial charge in [0, 0.05) is 44.6 Å². The summed E-state index contributed by atoms with van der Waals surface area (Å²) in [6.45, 7) is 6.65. The molecule has 3 amide bonds. The maximum Gasteiger partial charge on any atom is 0.255 e. The summed E-state index contributed by atoms with van der Waals surface area (Å²) in [5.74, 6) is -0.0668. The second-order valence-electron chi connectivity index (χ2n) is 9.06. The van der Waals surface area contributed by atoms with Crippen molar-refractivity contribution in [1.82, 2.24) is 20.2 Å². The summed E-state index contributed by atoms with van der Waals surface area (Å²) in [4.78, 5) is 48.2. The first-order chi connectivity index (χ1) is 15.7. The standard InChI is InChI=1S/C24H29N5O4.2ClH/c1-14-7-15(2)21(26-10-14)27-18-8-16(3)29(12-18)22(31)17-5-6-19(25-11-17)24(13-33-4)9-20(30)28-23(24)32;;/h5-7,10-11,16,18H,8-9,12-13H2,1-4H3,(H,26,27)(H,28,30,32);2*1H/t16-,18+,24?;;/m1../s1. The molecule has 9 nitrogen and oxygen atoms in total. The van der Waals surface area contributed by atoms with Gasteiger partial charge >= 0.3 is 0 Å². The molecule has 2 aromatic heterocycles. The number of ether oxygens (including phenoxy) is 1. The van der Waals surface area contributed by atoms with Gasteiger partial charge in [0.25, 0.3) is 5.91 Å². The minimum Gasteiger partial charge on any atom is -0.383 e. The van der Waals surface area contributed by atoms with Crippen molar-refractivity contribution in [2.45, 2.75) is 51.1 Å². The van der Waals surface area contributed by atoms with Gasteiger partial charge in [-0.15, -0.1) is 24.8 Å². The molecule has 2 fully saturated rings. The molecule has 0 aliphatic carbocycles. The number of nitrogens with zero attached hydrogens (tertiary/aromatic N) is 3. The number of halogens is 2. The molecule has 2 aliphatic heterocycles. The van der Waals surface area contributed by atoms with Crippen LogP contribution >= 0.6 is 24.8 Å². The Labute approximate surface area is 217 Å². The van der Waals surface area contributed by atoms with Crippen LogP contribution in [0.4, 0.5) is 5.82 Å². The zero-order chi connectivity index (χ0) is 23.8. The molecule has 4 heterocycles. The number of anilines is 1. The molecule has 0 aromatic carbocycles. The number of methoxy groups -OCH3 is 1. The second kappa shape index (κ2) is 11.3. The molecule has 2 aliphatic rings. The lowest BCUT2D eigenvalue weighted by atomic mass is 9.83. The average Bonchev–Trinajstić information content (AvgIpc) is 3.28. The van der Waals surface area contributed by atoms with E-state index in [1.54, 1.807) is 12.1 Å². The molecule has 1 unspecified atom stereocenters. The highest BCUT2D eigenvalue weighted by molar-refractivity contribution is 6.09. The summed E-state index contributed by atoms with van der Waals surface area (Å²) in [7, 11) is 1.47. The number of nitrogens with one attached hydrogen (secondary N) is 2. The first-order valence-corrected chi connectivity index (χ1v) is 11.0. The molecular weight excluding hydrogens is 493 g/mol. The Morgan fingerprint density at radius 3 is 2.54 bits per heavy atom. The Hall–Kier alpha value is -2.75. The number of amides is 3. The summed E-state index contributed by atoms with van der Waals surface area (Å²) >= 11 is 0. The number of carbonyl (C=O) groups is 3. The minimum atomic E-state index is -1.16. The number of aryl methyl sites for hydroxylation is 2. The van der Waals surface area contributed by atoms with Crippen LogP contribution in [0.3, 0.4) is 0 Å². The smallest absolute Gasteiger partial charge is 0.255 e. The molecule has 4 rings (SSSR count). The van der Waals surface area contributed by atoms with Crippen molar-refractivity contribution in [3.05, 3.63) is 53.0 Å². The zero-order valence-corrected chi connectivity index (χ0v) is 21.8. The molecule has 3 atom stereocenters. The Bertz CT molecular complexity index is 1100. The van der Waals surface area contributed by atoms with Gasteiger partial charge in [-0.3, -0.25) is 24.7 Å². The summed E-state index contributed by atoms with van der Waals surface area (Å²) in [5.41, 5.74) is 1.87. The summed E-state index contributed by atoms with van der Waals surface area (Å²) < 4.78 is 5.21. The van der Waals surface area contributed by atoms with E-state index in [-0.39, 0.29) is 61.7 Å². The Morgan fingerprint density at radius 2 is 1.97 bits per heavy atom. The molecule has 190 valence electrons. The lowest BCUT2D eigenvalue weighted by Crippen LogP contribution is -2.40. The highest BCUT2D eigenvalue weighted by Gasteiger charge is 2.49. The summed E-state index contributed by atoms with van der Waals surface area (Å²) in [6.07, 6.45) is 4.09. The van der Waals surface area contributed by atoms with E-state index in [1.165, 1.54) is 13.3 Å². The van der Waals surface area contributed by atoms with Crippen LogP contribution in [0.25, 0.3) is 0 Å². The van der Waals surface area contributed by atoms with E-state index in [4.69, 9.17) is 4.74 Å². The van der Waals surface area contributed by atoms with Gasteiger partial charge in [0.1, 0.15) is 11.2 Å². The van der Waals surface area contributed by atoms with E-state index in [0.29, 0.717) is 17.8 Å². The summed E-state index contributed by atoms with van der Waals surface area (Å²) in [5, 5.41) is 5.79. The molecule has 35 heavy (non-hydrogen) atoms. The highest BCUT2D eigenvalue weighted by Crippen LogP contribution is 2.32. The Balaban J connectivity index is 0.00000216. The molecular formula is C24H31Cl2N5O4. The van der Waals surface area contributed by atoms with Gasteiger partial charge in [0.2, 0.25) is 11.8 Å². The predicted octanol–water partition coefficient (Wildman–Crippen LogP) is 2.58. The fraction of sp³-hybridized carbons (Fsp3) is 0.458.